The van der Waals surface area contributed by atoms with Gasteiger partial charge in [0.25, 0.3) is 0 Å². The lowest BCUT2D eigenvalue weighted by Crippen LogP contribution is -2.32. The van der Waals surface area contributed by atoms with Crippen molar-refractivity contribution in [2.45, 2.75) is 19.8 Å². The van der Waals surface area contributed by atoms with Crippen LogP contribution in [0.1, 0.15) is 18.1 Å². The van der Waals surface area contributed by atoms with Crippen LogP contribution in [0.3, 0.4) is 0 Å². The van der Waals surface area contributed by atoms with Crippen LogP contribution in [-0.4, -0.2) is 39.9 Å². The maximum atomic E-state index is 5.62. The minimum atomic E-state index is 0.582. The van der Waals surface area contributed by atoms with Crippen molar-refractivity contribution >= 4 is 11.6 Å². The van der Waals surface area contributed by atoms with E-state index in [1.807, 2.05) is 25.1 Å². The van der Waals surface area contributed by atoms with Crippen molar-refractivity contribution in [3.63, 3.8) is 0 Å². The van der Waals surface area contributed by atoms with Crippen LogP contribution < -0.4 is 24.8 Å². The van der Waals surface area contributed by atoms with Gasteiger partial charge in [0, 0.05) is 31.8 Å². The van der Waals surface area contributed by atoms with E-state index in [0.29, 0.717) is 24.1 Å². The van der Waals surface area contributed by atoms with E-state index in [-0.39, 0.29) is 0 Å². The molecule has 6 heteroatoms. The highest BCUT2D eigenvalue weighted by atomic mass is 16.5. The second-order valence-electron chi connectivity index (χ2n) is 6.21. The number of hydrogen-bond donors (Lipinski definition) is 2. The van der Waals surface area contributed by atoms with Crippen molar-refractivity contribution in [2.75, 3.05) is 39.2 Å². The van der Waals surface area contributed by atoms with Crippen LogP contribution in [0, 0.1) is 0 Å². The average molecular weight is 369 g/mol. The Kier molecular flexibility index (Phi) is 6.41. The quantitative estimate of drug-likeness (QED) is 0.579. The number of guanidine groups is 1. The molecule has 2 N–H and O–H groups in total. The van der Waals surface area contributed by atoms with Gasteiger partial charge in [0.2, 0.25) is 0 Å². The Morgan fingerprint density at radius 2 is 2.07 bits per heavy atom. The number of nitrogens with one attached hydrogen (secondary N) is 2. The van der Waals surface area contributed by atoms with E-state index in [0.717, 1.165) is 37.4 Å². The minimum Gasteiger partial charge on any atom is -0.493 e. The van der Waals surface area contributed by atoms with E-state index in [1.54, 1.807) is 14.2 Å². The molecule has 27 heavy (non-hydrogen) atoms. The summed E-state index contributed by atoms with van der Waals surface area (Å²) in [5.74, 6) is 3.16. The van der Waals surface area contributed by atoms with Crippen LogP contribution >= 0.6 is 0 Å². The molecule has 0 radical (unpaired) electrons. The van der Waals surface area contributed by atoms with Crippen molar-refractivity contribution < 1.29 is 14.2 Å². The Morgan fingerprint density at radius 1 is 1.19 bits per heavy atom. The first kappa shape index (κ1) is 18.9. The van der Waals surface area contributed by atoms with Gasteiger partial charge in [0.1, 0.15) is 5.75 Å². The van der Waals surface area contributed by atoms with Gasteiger partial charge in [-0.25, -0.2) is 0 Å². The van der Waals surface area contributed by atoms with Gasteiger partial charge in [0.05, 0.1) is 20.3 Å². The third-order valence-electron chi connectivity index (χ3n) is 4.41. The summed E-state index contributed by atoms with van der Waals surface area (Å²) in [7, 11) is 3.39. The lowest BCUT2D eigenvalue weighted by atomic mass is 10.1. The van der Waals surface area contributed by atoms with Gasteiger partial charge in [0.15, 0.2) is 17.5 Å². The standard InChI is InChI=1S/C21H27N3O3/c1-4-26-20-14-17(6-8-19(20)25-3)24-21(22-2)23-11-9-15-5-7-18-16(13-15)10-12-27-18/h5-8,13-14H,4,9-12H2,1-3H3,(H2,22,23,24). The zero-order valence-corrected chi connectivity index (χ0v) is 16.2. The summed E-state index contributed by atoms with van der Waals surface area (Å²) in [5.41, 5.74) is 3.49. The van der Waals surface area contributed by atoms with Crippen molar-refractivity contribution in [3.05, 3.63) is 47.5 Å². The van der Waals surface area contributed by atoms with Gasteiger partial charge in [-0.15, -0.1) is 0 Å². The molecule has 1 heterocycles. The Morgan fingerprint density at radius 3 is 2.85 bits per heavy atom. The number of aliphatic imine (C=N–C) groups is 1. The summed E-state index contributed by atoms with van der Waals surface area (Å²) in [5, 5.41) is 6.64. The highest BCUT2D eigenvalue weighted by molar-refractivity contribution is 5.93. The number of ether oxygens (including phenoxy) is 3. The molecular weight excluding hydrogens is 342 g/mol. The number of benzene rings is 2. The summed E-state index contributed by atoms with van der Waals surface area (Å²) < 4.78 is 16.5. The molecule has 0 saturated heterocycles. The molecule has 0 atom stereocenters. The molecule has 3 rings (SSSR count). The summed E-state index contributed by atoms with van der Waals surface area (Å²) in [6.07, 6.45) is 1.92. The molecule has 2 aromatic rings. The summed E-state index contributed by atoms with van der Waals surface area (Å²) >= 11 is 0. The van der Waals surface area contributed by atoms with Crippen LogP contribution in [-0.2, 0) is 12.8 Å². The highest BCUT2D eigenvalue weighted by Crippen LogP contribution is 2.30. The summed E-state index contributed by atoms with van der Waals surface area (Å²) in [6, 6.07) is 12.2. The topological polar surface area (TPSA) is 64.1 Å². The van der Waals surface area contributed by atoms with Crippen molar-refractivity contribution in [3.8, 4) is 17.2 Å². The predicted molar refractivity (Wildman–Crippen MR) is 108 cm³/mol. The van der Waals surface area contributed by atoms with Crippen molar-refractivity contribution in [2.24, 2.45) is 4.99 Å². The summed E-state index contributed by atoms with van der Waals surface area (Å²) in [4.78, 5) is 4.29. The van der Waals surface area contributed by atoms with Crippen LogP contribution in [0.5, 0.6) is 17.2 Å². The monoisotopic (exact) mass is 369 g/mol. The third-order valence-corrected chi connectivity index (χ3v) is 4.41. The first-order valence-electron chi connectivity index (χ1n) is 9.26. The number of methoxy groups -OCH3 is 1. The van der Waals surface area contributed by atoms with E-state index in [9.17, 15) is 0 Å². The number of anilines is 1. The fourth-order valence-corrected chi connectivity index (χ4v) is 3.06. The van der Waals surface area contributed by atoms with E-state index < -0.39 is 0 Å². The normalized spacial score (nSPS) is 12.9. The Balaban J connectivity index is 1.56. The van der Waals surface area contributed by atoms with Gasteiger partial charge in [-0.05, 0) is 42.7 Å². The molecule has 1 aliphatic rings. The van der Waals surface area contributed by atoms with Gasteiger partial charge in [-0.1, -0.05) is 12.1 Å². The first-order chi connectivity index (χ1) is 13.2. The van der Waals surface area contributed by atoms with Crippen LogP contribution in [0.15, 0.2) is 41.4 Å². The fraction of sp³-hybridized carbons (Fsp3) is 0.381. The third kappa shape index (κ3) is 4.84. The van der Waals surface area contributed by atoms with Crippen LogP contribution in [0.2, 0.25) is 0 Å². The van der Waals surface area contributed by atoms with Gasteiger partial charge >= 0.3 is 0 Å². The zero-order valence-electron chi connectivity index (χ0n) is 16.2. The van der Waals surface area contributed by atoms with E-state index in [2.05, 4.69) is 33.8 Å². The van der Waals surface area contributed by atoms with E-state index in [4.69, 9.17) is 14.2 Å². The second kappa shape index (κ2) is 9.16. The highest BCUT2D eigenvalue weighted by Gasteiger charge is 2.12. The van der Waals surface area contributed by atoms with Crippen LogP contribution in [0.25, 0.3) is 0 Å². The molecule has 6 nitrogen and oxygen atoms in total. The van der Waals surface area contributed by atoms with Crippen LogP contribution in [0.4, 0.5) is 5.69 Å². The van der Waals surface area contributed by atoms with Gasteiger partial charge in [-0.2, -0.15) is 0 Å². The minimum absolute atomic E-state index is 0.582. The molecule has 0 unspecified atom stereocenters. The number of fused-ring (bicyclic) bond motifs is 1. The molecule has 0 fully saturated rings. The van der Waals surface area contributed by atoms with Gasteiger partial charge < -0.3 is 24.8 Å². The largest absolute Gasteiger partial charge is 0.493 e. The number of nitrogens with zero attached hydrogens (tertiary/aromatic N) is 1. The molecule has 0 bridgehead atoms. The van der Waals surface area contributed by atoms with Crippen molar-refractivity contribution in [1.29, 1.82) is 0 Å². The second-order valence-corrected chi connectivity index (χ2v) is 6.21. The average Bonchev–Trinajstić information content (AvgIpc) is 3.15. The molecule has 0 spiro atoms. The smallest absolute Gasteiger partial charge is 0.195 e. The Bertz CT molecular complexity index is 805. The molecule has 2 aromatic carbocycles. The maximum Gasteiger partial charge on any atom is 0.195 e. The SMILES string of the molecule is CCOc1cc(NC(=NC)NCCc2ccc3c(c2)CCO3)ccc1OC. The Hall–Kier alpha value is -2.89. The molecule has 0 aromatic heterocycles. The summed E-state index contributed by atoms with van der Waals surface area (Å²) in [6.45, 7) is 4.11. The number of hydrogen-bond acceptors (Lipinski definition) is 4. The molecule has 0 saturated carbocycles. The van der Waals surface area contributed by atoms with E-state index >= 15 is 0 Å². The zero-order chi connectivity index (χ0) is 19.1. The molecular formula is C21H27N3O3. The Labute approximate surface area is 160 Å². The molecule has 144 valence electrons. The molecule has 0 aliphatic carbocycles. The molecule has 1 aliphatic heterocycles. The molecule has 0 amide bonds. The van der Waals surface area contributed by atoms with E-state index in [1.165, 1.54) is 11.1 Å². The lowest BCUT2D eigenvalue weighted by molar-refractivity contribution is 0.311. The first-order valence-corrected chi connectivity index (χ1v) is 9.26. The lowest BCUT2D eigenvalue weighted by Gasteiger charge is -2.15. The maximum absolute atomic E-state index is 5.62. The van der Waals surface area contributed by atoms with Gasteiger partial charge in [-0.3, -0.25) is 4.99 Å². The predicted octanol–water partition coefficient (Wildman–Crippen LogP) is 3.26. The van der Waals surface area contributed by atoms with Crippen molar-refractivity contribution in [1.82, 2.24) is 5.32 Å². The number of rotatable bonds is 7. The fourth-order valence-electron chi connectivity index (χ4n) is 3.06.